The first-order valence-electron chi connectivity index (χ1n) is 6.19. The normalized spacial score (nSPS) is 13.1. The van der Waals surface area contributed by atoms with Crippen molar-refractivity contribution in [2.45, 2.75) is 32.5 Å². The lowest BCUT2D eigenvalue weighted by molar-refractivity contribution is 0.227. The van der Waals surface area contributed by atoms with Crippen molar-refractivity contribution in [2.75, 3.05) is 7.05 Å². The van der Waals surface area contributed by atoms with Crippen LogP contribution in [0.25, 0.3) is 0 Å². The van der Waals surface area contributed by atoms with E-state index in [1.54, 1.807) is 0 Å². The second-order valence-corrected chi connectivity index (χ2v) is 5.65. The molecule has 0 aliphatic heterocycles. The van der Waals surface area contributed by atoms with E-state index in [1.165, 1.54) is 4.88 Å². The molecule has 0 aromatic carbocycles. The molecule has 0 radical (unpaired) electrons. The van der Waals surface area contributed by atoms with Crippen LogP contribution in [0, 0.1) is 0 Å². The summed E-state index contributed by atoms with van der Waals surface area (Å²) in [6.45, 7) is 3.54. The minimum Gasteiger partial charge on any atom is -0.463 e. The highest BCUT2D eigenvalue weighted by Gasteiger charge is 2.12. The standard InChI is InChI=1S/C14H20N2OS/c1-11(8-14-4-3-7-18-14)16(2)10-13-6-5-12(9-15)17-13/h3-7,11H,8-10,15H2,1-2H3. The predicted octanol–water partition coefficient (Wildman–Crippen LogP) is 2.86. The van der Waals surface area contributed by atoms with Crippen molar-refractivity contribution in [2.24, 2.45) is 5.73 Å². The van der Waals surface area contributed by atoms with Gasteiger partial charge in [0.05, 0.1) is 13.1 Å². The molecule has 1 atom stereocenters. The molecule has 0 amide bonds. The molecule has 0 aliphatic rings. The smallest absolute Gasteiger partial charge is 0.118 e. The summed E-state index contributed by atoms with van der Waals surface area (Å²) in [5, 5.41) is 2.13. The van der Waals surface area contributed by atoms with E-state index in [4.69, 9.17) is 10.2 Å². The second kappa shape index (κ2) is 6.18. The molecule has 0 saturated heterocycles. The van der Waals surface area contributed by atoms with Crippen molar-refractivity contribution >= 4 is 11.3 Å². The van der Waals surface area contributed by atoms with Crippen LogP contribution < -0.4 is 5.73 Å². The SMILES string of the molecule is CC(Cc1cccs1)N(C)Cc1ccc(CN)o1. The minimum absolute atomic E-state index is 0.467. The van der Waals surface area contributed by atoms with Gasteiger partial charge in [0.2, 0.25) is 0 Å². The first kappa shape index (κ1) is 13.3. The molecule has 2 aromatic heterocycles. The fraction of sp³-hybridized carbons (Fsp3) is 0.429. The molecule has 18 heavy (non-hydrogen) atoms. The number of nitrogens with two attached hydrogens (primary N) is 1. The fourth-order valence-electron chi connectivity index (χ4n) is 1.89. The zero-order valence-electron chi connectivity index (χ0n) is 10.9. The highest BCUT2D eigenvalue weighted by Crippen LogP contribution is 2.16. The lowest BCUT2D eigenvalue weighted by Crippen LogP contribution is -2.29. The molecule has 3 nitrogen and oxygen atoms in total. The van der Waals surface area contributed by atoms with Crippen LogP contribution in [0.3, 0.4) is 0 Å². The van der Waals surface area contributed by atoms with Crippen LogP contribution in [-0.2, 0) is 19.5 Å². The predicted molar refractivity (Wildman–Crippen MR) is 75.6 cm³/mol. The number of hydrogen-bond donors (Lipinski definition) is 1. The lowest BCUT2D eigenvalue weighted by Gasteiger charge is -2.23. The van der Waals surface area contributed by atoms with E-state index in [-0.39, 0.29) is 0 Å². The maximum Gasteiger partial charge on any atom is 0.118 e. The summed E-state index contributed by atoms with van der Waals surface area (Å²) in [5.74, 6) is 1.83. The summed E-state index contributed by atoms with van der Waals surface area (Å²) in [7, 11) is 2.13. The Morgan fingerprint density at radius 1 is 1.33 bits per heavy atom. The molecule has 0 spiro atoms. The Labute approximate surface area is 112 Å². The average molecular weight is 264 g/mol. The largest absolute Gasteiger partial charge is 0.463 e. The number of nitrogens with zero attached hydrogens (tertiary/aromatic N) is 1. The molecule has 2 rings (SSSR count). The highest BCUT2D eigenvalue weighted by molar-refractivity contribution is 7.09. The van der Waals surface area contributed by atoms with E-state index in [2.05, 4.69) is 36.4 Å². The van der Waals surface area contributed by atoms with Crippen LogP contribution >= 0.6 is 11.3 Å². The van der Waals surface area contributed by atoms with Gasteiger partial charge in [0.25, 0.3) is 0 Å². The van der Waals surface area contributed by atoms with Gasteiger partial charge in [-0.1, -0.05) is 6.07 Å². The Morgan fingerprint density at radius 2 is 2.11 bits per heavy atom. The van der Waals surface area contributed by atoms with Gasteiger partial charge >= 0.3 is 0 Å². The van der Waals surface area contributed by atoms with E-state index >= 15 is 0 Å². The third-order valence-electron chi connectivity index (χ3n) is 3.15. The molecule has 2 N–H and O–H groups in total. The van der Waals surface area contributed by atoms with E-state index in [0.717, 1.165) is 24.5 Å². The van der Waals surface area contributed by atoms with Crippen molar-refractivity contribution in [3.8, 4) is 0 Å². The van der Waals surface area contributed by atoms with Crippen LogP contribution in [-0.4, -0.2) is 18.0 Å². The lowest BCUT2D eigenvalue weighted by atomic mass is 10.2. The number of hydrogen-bond acceptors (Lipinski definition) is 4. The minimum atomic E-state index is 0.467. The Hall–Kier alpha value is -1.10. The quantitative estimate of drug-likeness (QED) is 0.872. The third kappa shape index (κ3) is 3.45. The summed E-state index contributed by atoms with van der Waals surface area (Å²) in [5.41, 5.74) is 5.54. The molecule has 4 heteroatoms. The van der Waals surface area contributed by atoms with Gasteiger partial charge in [-0.2, -0.15) is 0 Å². The van der Waals surface area contributed by atoms with Gasteiger partial charge in [0, 0.05) is 10.9 Å². The van der Waals surface area contributed by atoms with Crippen LogP contribution in [0.1, 0.15) is 23.3 Å². The Balaban J connectivity index is 1.88. The summed E-state index contributed by atoms with van der Waals surface area (Å²) in [6, 6.07) is 8.75. The summed E-state index contributed by atoms with van der Waals surface area (Å²) in [4.78, 5) is 3.73. The second-order valence-electron chi connectivity index (χ2n) is 4.62. The van der Waals surface area contributed by atoms with E-state index in [1.807, 2.05) is 23.5 Å². The van der Waals surface area contributed by atoms with Gasteiger partial charge in [0.1, 0.15) is 11.5 Å². The molecule has 98 valence electrons. The molecular weight excluding hydrogens is 244 g/mol. The molecule has 1 unspecified atom stereocenters. The van der Waals surface area contributed by atoms with E-state index < -0.39 is 0 Å². The maximum absolute atomic E-state index is 5.62. The first-order chi connectivity index (χ1) is 8.69. The van der Waals surface area contributed by atoms with Gasteiger partial charge in [-0.3, -0.25) is 4.90 Å². The fourth-order valence-corrected chi connectivity index (χ4v) is 2.72. The molecule has 0 aliphatic carbocycles. The molecule has 0 fully saturated rings. The molecule has 2 aromatic rings. The van der Waals surface area contributed by atoms with Crippen LogP contribution in [0.15, 0.2) is 34.1 Å². The monoisotopic (exact) mass is 264 g/mol. The number of thiophene rings is 1. The van der Waals surface area contributed by atoms with Crippen LogP contribution in [0.2, 0.25) is 0 Å². The van der Waals surface area contributed by atoms with Gasteiger partial charge in [-0.15, -0.1) is 11.3 Å². The molecule has 0 saturated carbocycles. The summed E-state index contributed by atoms with van der Waals surface area (Å²) < 4.78 is 5.62. The van der Waals surface area contributed by atoms with Crippen molar-refractivity contribution in [3.05, 3.63) is 46.0 Å². The Kier molecular flexibility index (Phi) is 4.58. The van der Waals surface area contributed by atoms with Gasteiger partial charge < -0.3 is 10.2 Å². The number of likely N-dealkylation sites (N-methyl/N-ethyl adjacent to an activating group) is 1. The molecular formula is C14H20N2OS. The van der Waals surface area contributed by atoms with Crippen molar-refractivity contribution < 1.29 is 4.42 Å². The molecule has 0 bridgehead atoms. The van der Waals surface area contributed by atoms with Crippen LogP contribution in [0.5, 0.6) is 0 Å². The number of rotatable bonds is 6. The topological polar surface area (TPSA) is 42.4 Å². The zero-order valence-corrected chi connectivity index (χ0v) is 11.7. The van der Waals surface area contributed by atoms with Gasteiger partial charge in [0.15, 0.2) is 0 Å². The van der Waals surface area contributed by atoms with E-state index in [0.29, 0.717) is 12.6 Å². The van der Waals surface area contributed by atoms with E-state index in [9.17, 15) is 0 Å². The Bertz CT molecular complexity index is 464. The maximum atomic E-state index is 5.62. The highest BCUT2D eigenvalue weighted by atomic mass is 32.1. The number of furan rings is 1. The zero-order chi connectivity index (χ0) is 13.0. The Morgan fingerprint density at radius 3 is 2.72 bits per heavy atom. The van der Waals surface area contributed by atoms with Gasteiger partial charge in [-0.05, 0) is 44.0 Å². The third-order valence-corrected chi connectivity index (χ3v) is 4.05. The van der Waals surface area contributed by atoms with Crippen molar-refractivity contribution in [1.29, 1.82) is 0 Å². The molecule has 2 heterocycles. The summed E-state index contributed by atoms with van der Waals surface area (Å²) >= 11 is 1.82. The van der Waals surface area contributed by atoms with Gasteiger partial charge in [-0.25, -0.2) is 0 Å². The van der Waals surface area contributed by atoms with Crippen LogP contribution in [0.4, 0.5) is 0 Å². The summed E-state index contributed by atoms with van der Waals surface area (Å²) in [6.07, 6.45) is 1.08. The van der Waals surface area contributed by atoms with Crippen molar-refractivity contribution in [3.63, 3.8) is 0 Å². The first-order valence-corrected chi connectivity index (χ1v) is 7.07. The van der Waals surface area contributed by atoms with Crippen molar-refractivity contribution in [1.82, 2.24) is 4.90 Å². The average Bonchev–Trinajstić information content (AvgIpc) is 3.00.